The Balaban J connectivity index is 2.40. The van der Waals surface area contributed by atoms with E-state index >= 15 is 0 Å². The zero-order valence-corrected chi connectivity index (χ0v) is 11.1. The molecule has 1 heterocycles. The number of carboxylic acid groups (broad SMARTS) is 1. The van der Waals surface area contributed by atoms with Crippen LogP contribution in [0.4, 0.5) is 0 Å². The lowest BCUT2D eigenvalue weighted by molar-refractivity contribution is -0.138. The Bertz CT molecular complexity index is 609. The van der Waals surface area contributed by atoms with Gasteiger partial charge >= 0.3 is 5.97 Å². The number of aliphatic carboxylic acids is 1. The second-order valence-corrected chi connectivity index (χ2v) is 6.45. The first-order valence-corrected chi connectivity index (χ1v) is 7.49. The average Bonchev–Trinajstić information content (AvgIpc) is 2.61. The van der Waals surface area contributed by atoms with Crippen molar-refractivity contribution in [2.24, 2.45) is 0 Å². The van der Waals surface area contributed by atoms with Crippen molar-refractivity contribution in [1.29, 1.82) is 0 Å². The molecule has 0 saturated carbocycles. The van der Waals surface area contributed by atoms with Gasteiger partial charge in [0.15, 0.2) is 9.84 Å². The van der Waals surface area contributed by atoms with Gasteiger partial charge in [-0.1, -0.05) is 24.3 Å². The number of sulfone groups is 1. The van der Waals surface area contributed by atoms with Crippen LogP contribution in [-0.4, -0.2) is 43.2 Å². The molecule has 0 aromatic heterocycles. The van der Waals surface area contributed by atoms with Crippen LogP contribution in [0.25, 0.3) is 0 Å². The summed E-state index contributed by atoms with van der Waals surface area (Å²) in [6.07, 6.45) is 1.58. The van der Waals surface area contributed by atoms with Gasteiger partial charge in [0.2, 0.25) is 0 Å². The first-order valence-electron chi connectivity index (χ1n) is 5.84. The second-order valence-electron chi connectivity index (χ2n) is 4.45. The molecule has 0 aliphatic carbocycles. The fraction of sp³-hybridized carbons (Fsp3) is 0.308. The Morgan fingerprint density at radius 3 is 2.79 bits per heavy atom. The molecule has 0 fully saturated rings. The third-order valence-electron chi connectivity index (χ3n) is 3.13. The summed E-state index contributed by atoms with van der Waals surface area (Å²) in [7, 11) is -3.32. The predicted molar refractivity (Wildman–Crippen MR) is 70.6 cm³/mol. The molecule has 0 saturated heterocycles. The number of fused-ring (bicyclic) bond motifs is 1. The maximum atomic E-state index is 12.1. The van der Waals surface area contributed by atoms with Crippen molar-refractivity contribution in [2.75, 3.05) is 18.8 Å². The Morgan fingerprint density at radius 2 is 2.16 bits per heavy atom. The van der Waals surface area contributed by atoms with Crippen LogP contribution in [0.1, 0.15) is 11.6 Å². The van der Waals surface area contributed by atoms with Crippen molar-refractivity contribution in [3.8, 4) is 0 Å². The fourth-order valence-corrected chi connectivity index (χ4v) is 4.20. The average molecular weight is 281 g/mol. The second kappa shape index (κ2) is 5.14. The summed E-state index contributed by atoms with van der Waals surface area (Å²) in [5.41, 5.74) is 0.672. The molecule has 0 radical (unpaired) electrons. The molecule has 2 rings (SSSR count). The monoisotopic (exact) mass is 281 g/mol. The lowest BCUT2D eigenvalue weighted by atomic mass is 10.1. The third-order valence-corrected chi connectivity index (χ3v) is 4.93. The van der Waals surface area contributed by atoms with Crippen LogP contribution in [0.15, 0.2) is 41.8 Å². The summed E-state index contributed by atoms with van der Waals surface area (Å²) >= 11 is 0. The SMILES string of the molecule is C=CCN(CC(=O)O)C1CS(=O)(=O)c2ccccc21. The van der Waals surface area contributed by atoms with E-state index in [9.17, 15) is 13.2 Å². The molecule has 6 heteroatoms. The zero-order valence-electron chi connectivity index (χ0n) is 10.3. The Hall–Kier alpha value is -1.66. The maximum Gasteiger partial charge on any atom is 0.317 e. The van der Waals surface area contributed by atoms with E-state index in [1.165, 1.54) is 0 Å². The molecule has 102 valence electrons. The van der Waals surface area contributed by atoms with Gasteiger partial charge in [0.1, 0.15) is 0 Å². The van der Waals surface area contributed by atoms with Gasteiger partial charge in [0.25, 0.3) is 0 Å². The molecular formula is C13H15NO4S. The summed E-state index contributed by atoms with van der Waals surface area (Å²) < 4.78 is 24.1. The molecule has 0 spiro atoms. The van der Waals surface area contributed by atoms with E-state index in [1.807, 2.05) is 0 Å². The molecule has 1 atom stereocenters. The van der Waals surface area contributed by atoms with Crippen molar-refractivity contribution in [3.63, 3.8) is 0 Å². The number of nitrogens with zero attached hydrogens (tertiary/aromatic N) is 1. The Kier molecular flexibility index (Phi) is 3.73. The summed E-state index contributed by atoms with van der Waals surface area (Å²) in [5.74, 6) is -1.06. The Labute approximate surface area is 112 Å². The van der Waals surface area contributed by atoms with Crippen molar-refractivity contribution in [2.45, 2.75) is 10.9 Å². The molecule has 19 heavy (non-hydrogen) atoms. The van der Waals surface area contributed by atoms with E-state index in [4.69, 9.17) is 5.11 Å². The zero-order chi connectivity index (χ0) is 14.0. The molecule has 0 bridgehead atoms. The summed E-state index contributed by atoms with van der Waals surface area (Å²) in [4.78, 5) is 12.8. The van der Waals surface area contributed by atoms with Gasteiger partial charge in [-0.05, 0) is 11.6 Å². The molecule has 0 amide bonds. The molecule has 1 unspecified atom stereocenters. The normalized spacial score (nSPS) is 20.2. The van der Waals surface area contributed by atoms with Crippen LogP contribution in [0.5, 0.6) is 0 Å². The summed E-state index contributed by atoms with van der Waals surface area (Å²) in [6, 6.07) is 6.32. The largest absolute Gasteiger partial charge is 0.480 e. The highest BCUT2D eigenvalue weighted by atomic mass is 32.2. The van der Waals surface area contributed by atoms with Crippen molar-refractivity contribution in [3.05, 3.63) is 42.5 Å². The minimum Gasteiger partial charge on any atom is -0.480 e. The minimum atomic E-state index is -3.32. The first kappa shape index (κ1) is 13.8. The molecule has 1 aromatic carbocycles. The number of rotatable bonds is 5. The van der Waals surface area contributed by atoms with Crippen molar-refractivity contribution >= 4 is 15.8 Å². The number of hydrogen-bond acceptors (Lipinski definition) is 4. The molecule has 1 N–H and O–H groups in total. The highest BCUT2D eigenvalue weighted by Gasteiger charge is 2.37. The van der Waals surface area contributed by atoms with Gasteiger partial charge in [-0.2, -0.15) is 0 Å². The number of carboxylic acids is 1. The molecule has 1 aliphatic rings. The van der Waals surface area contributed by atoms with Gasteiger partial charge in [0, 0.05) is 6.54 Å². The lowest BCUT2D eigenvalue weighted by Crippen LogP contribution is -2.34. The van der Waals surface area contributed by atoms with Crippen molar-refractivity contribution < 1.29 is 18.3 Å². The van der Waals surface area contributed by atoms with E-state index in [2.05, 4.69) is 6.58 Å². The van der Waals surface area contributed by atoms with E-state index in [0.29, 0.717) is 17.0 Å². The van der Waals surface area contributed by atoms with E-state index in [1.54, 1.807) is 35.2 Å². The molecule has 1 aliphatic heterocycles. The fourth-order valence-electron chi connectivity index (χ4n) is 2.37. The maximum absolute atomic E-state index is 12.1. The predicted octanol–water partition coefficient (Wildman–Crippen LogP) is 1.09. The molecule has 5 nitrogen and oxygen atoms in total. The topological polar surface area (TPSA) is 74.7 Å². The van der Waals surface area contributed by atoms with E-state index in [-0.39, 0.29) is 12.3 Å². The van der Waals surface area contributed by atoms with Gasteiger partial charge in [0.05, 0.1) is 23.2 Å². The van der Waals surface area contributed by atoms with Gasteiger partial charge in [-0.25, -0.2) is 8.42 Å². The number of benzene rings is 1. The lowest BCUT2D eigenvalue weighted by Gasteiger charge is -2.25. The van der Waals surface area contributed by atoms with Gasteiger partial charge < -0.3 is 5.11 Å². The van der Waals surface area contributed by atoms with Crippen LogP contribution < -0.4 is 0 Å². The van der Waals surface area contributed by atoms with E-state index < -0.39 is 21.8 Å². The first-order chi connectivity index (χ1) is 8.95. The van der Waals surface area contributed by atoms with Gasteiger partial charge in [-0.15, -0.1) is 6.58 Å². The highest BCUT2D eigenvalue weighted by molar-refractivity contribution is 7.91. The number of hydrogen-bond donors (Lipinski definition) is 1. The third kappa shape index (κ3) is 2.69. The summed E-state index contributed by atoms with van der Waals surface area (Å²) in [5, 5.41) is 8.92. The van der Waals surface area contributed by atoms with Crippen LogP contribution >= 0.6 is 0 Å². The van der Waals surface area contributed by atoms with Gasteiger partial charge in [-0.3, -0.25) is 9.69 Å². The minimum absolute atomic E-state index is 0.0759. The Morgan fingerprint density at radius 1 is 1.47 bits per heavy atom. The smallest absolute Gasteiger partial charge is 0.317 e. The van der Waals surface area contributed by atoms with Crippen molar-refractivity contribution in [1.82, 2.24) is 4.90 Å². The standard InChI is InChI=1S/C13H15NO4S/c1-2-7-14(8-13(15)16)11-9-19(17,18)12-6-4-3-5-10(11)12/h2-6,11H,1,7-9H2,(H,15,16). The van der Waals surface area contributed by atoms with E-state index in [0.717, 1.165) is 0 Å². The quantitative estimate of drug-likeness (QED) is 0.818. The van der Waals surface area contributed by atoms with Crippen LogP contribution in [0.3, 0.4) is 0 Å². The summed E-state index contributed by atoms with van der Waals surface area (Å²) in [6.45, 7) is 3.71. The highest BCUT2D eigenvalue weighted by Crippen LogP contribution is 2.36. The molecule has 1 aromatic rings. The number of carbonyl (C=O) groups is 1. The van der Waals surface area contributed by atoms with Crippen LogP contribution in [-0.2, 0) is 14.6 Å². The van der Waals surface area contributed by atoms with Crippen LogP contribution in [0.2, 0.25) is 0 Å². The van der Waals surface area contributed by atoms with Crippen LogP contribution in [0, 0.1) is 0 Å². The molecular weight excluding hydrogens is 266 g/mol.